The molecule has 2 rings (SSSR count). The Morgan fingerprint density at radius 3 is 2.04 bits per heavy atom. The lowest BCUT2D eigenvalue weighted by Crippen LogP contribution is -2.33. The van der Waals surface area contributed by atoms with E-state index in [1.54, 1.807) is 21.3 Å². The summed E-state index contributed by atoms with van der Waals surface area (Å²) in [5.41, 5.74) is 6.84. The van der Waals surface area contributed by atoms with Gasteiger partial charge in [0.1, 0.15) is 0 Å². The van der Waals surface area contributed by atoms with E-state index in [-0.39, 0.29) is 12.4 Å². The van der Waals surface area contributed by atoms with E-state index in [0.29, 0.717) is 5.75 Å². The maximum atomic E-state index is 5.66. The van der Waals surface area contributed by atoms with Gasteiger partial charge in [-0.15, -0.1) is 12.4 Å². The highest BCUT2D eigenvalue weighted by atomic mass is 35.5. The summed E-state index contributed by atoms with van der Waals surface area (Å²) in [6.45, 7) is 3.96. The summed E-state index contributed by atoms with van der Waals surface area (Å²) in [4.78, 5) is 2.48. The first-order valence-electron chi connectivity index (χ1n) is 7.93. The van der Waals surface area contributed by atoms with Crippen molar-refractivity contribution >= 4 is 12.4 Å². The van der Waals surface area contributed by atoms with Crippen molar-refractivity contribution < 1.29 is 14.2 Å². The van der Waals surface area contributed by atoms with Crippen molar-refractivity contribution in [3.05, 3.63) is 17.7 Å². The number of nitrogens with two attached hydrogens (primary N) is 1. The largest absolute Gasteiger partial charge is 0.493 e. The number of nitrogens with zero attached hydrogens (tertiary/aromatic N) is 1. The molecular weight excluding hydrogens is 316 g/mol. The summed E-state index contributed by atoms with van der Waals surface area (Å²) in [5, 5.41) is 0. The molecular formula is C17H29ClN2O3. The maximum absolute atomic E-state index is 5.66. The van der Waals surface area contributed by atoms with Crippen LogP contribution in [-0.4, -0.2) is 45.9 Å². The van der Waals surface area contributed by atoms with Crippen molar-refractivity contribution in [3.8, 4) is 17.2 Å². The molecule has 132 valence electrons. The van der Waals surface area contributed by atoms with Crippen LogP contribution in [0.15, 0.2) is 12.1 Å². The Labute approximate surface area is 145 Å². The van der Waals surface area contributed by atoms with E-state index in [1.165, 1.54) is 18.4 Å². The normalized spacial score (nSPS) is 15.8. The van der Waals surface area contributed by atoms with Crippen molar-refractivity contribution in [2.24, 2.45) is 11.7 Å². The summed E-state index contributed by atoms with van der Waals surface area (Å²) in [6, 6.07) is 4.07. The summed E-state index contributed by atoms with van der Waals surface area (Å²) in [7, 11) is 4.93. The van der Waals surface area contributed by atoms with Crippen LogP contribution in [0, 0.1) is 5.92 Å². The molecule has 0 aromatic heterocycles. The number of benzene rings is 1. The number of hydrogen-bond donors (Lipinski definition) is 1. The predicted molar refractivity (Wildman–Crippen MR) is 95.0 cm³/mol. The van der Waals surface area contributed by atoms with Gasteiger partial charge >= 0.3 is 0 Å². The molecule has 1 aromatic rings. The molecule has 23 heavy (non-hydrogen) atoms. The average molecular weight is 345 g/mol. The van der Waals surface area contributed by atoms with Crippen LogP contribution in [-0.2, 0) is 6.54 Å². The topological polar surface area (TPSA) is 57.0 Å². The molecule has 1 aliphatic heterocycles. The Morgan fingerprint density at radius 1 is 1.04 bits per heavy atom. The highest BCUT2D eigenvalue weighted by molar-refractivity contribution is 5.85. The zero-order valence-electron chi connectivity index (χ0n) is 14.3. The molecule has 1 aliphatic rings. The van der Waals surface area contributed by atoms with E-state index in [4.69, 9.17) is 19.9 Å². The standard InChI is InChI=1S/C17H28N2O3.ClH/c1-20-15-10-14(11-16(21-2)17(15)22-3)12-19-8-5-13(4-7-18)6-9-19;/h10-11,13H,4-9,12,18H2,1-3H3;1H. The molecule has 0 aliphatic carbocycles. The SMILES string of the molecule is COc1cc(CN2CCC(CCN)CC2)cc(OC)c1OC.Cl. The van der Waals surface area contributed by atoms with Crippen LogP contribution in [0.3, 0.4) is 0 Å². The highest BCUT2D eigenvalue weighted by Gasteiger charge is 2.20. The van der Waals surface area contributed by atoms with Gasteiger partial charge in [-0.2, -0.15) is 0 Å². The lowest BCUT2D eigenvalue weighted by molar-refractivity contribution is 0.173. The third kappa shape index (κ3) is 5.16. The number of likely N-dealkylation sites (tertiary alicyclic amines) is 1. The third-order valence-corrected chi connectivity index (χ3v) is 4.41. The van der Waals surface area contributed by atoms with Crippen LogP contribution >= 0.6 is 12.4 Å². The van der Waals surface area contributed by atoms with Crippen LogP contribution in [0.25, 0.3) is 0 Å². The monoisotopic (exact) mass is 344 g/mol. The Hall–Kier alpha value is -1.17. The fourth-order valence-corrected chi connectivity index (χ4v) is 3.15. The molecule has 6 heteroatoms. The first-order chi connectivity index (χ1) is 10.7. The van der Waals surface area contributed by atoms with Gasteiger partial charge in [0.2, 0.25) is 5.75 Å². The zero-order valence-corrected chi connectivity index (χ0v) is 15.2. The summed E-state index contributed by atoms with van der Waals surface area (Å²) >= 11 is 0. The minimum Gasteiger partial charge on any atom is -0.493 e. The molecule has 5 nitrogen and oxygen atoms in total. The van der Waals surface area contributed by atoms with Crippen molar-refractivity contribution in [2.45, 2.75) is 25.8 Å². The lowest BCUT2D eigenvalue weighted by Gasteiger charge is -2.32. The highest BCUT2D eigenvalue weighted by Crippen LogP contribution is 2.38. The van der Waals surface area contributed by atoms with Gasteiger partial charge in [-0.1, -0.05) is 0 Å². The number of hydrogen-bond acceptors (Lipinski definition) is 5. The molecule has 0 bridgehead atoms. The molecule has 2 N–H and O–H groups in total. The van der Waals surface area contributed by atoms with E-state index in [9.17, 15) is 0 Å². The summed E-state index contributed by atoms with van der Waals surface area (Å²) in [5.74, 6) is 2.88. The molecule has 0 atom stereocenters. The number of piperidine rings is 1. The van der Waals surface area contributed by atoms with E-state index < -0.39 is 0 Å². The van der Waals surface area contributed by atoms with Crippen molar-refractivity contribution in [3.63, 3.8) is 0 Å². The maximum Gasteiger partial charge on any atom is 0.203 e. The van der Waals surface area contributed by atoms with Gasteiger partial charge in [-0.05, 0) is 62.5 Å². The number of halogens is 1. The van der Waals surface area contributed by atoms with E-state index >= 15 is 0 Å². The number of methoxy groups -OCH3 is 3. The molecule has 0 unspecified atom stereocenters. The lowest BCUT2D eigenvalue weighted by atomic mass is 9.93. The Balaban J connectivity index is 0.00000264. The van der Waals surface area contributed by atoms with E-state index in [1.807, 2.05) is 12.1 Å². The molecule has 0 spiro atoms. The van der Waals surface area contributed by atoms with Crippen LogP contribution in [0.5, 0.6) is 17.2 Å². The predicted octanol–water partition coefficient (Wildman–Crippen LogP) is 2.70. The Morgan fingerprint density at radius 2 is 1.61 bits per heavy atom. The van der Waals surface area contributed by atoms with Crippen LogP contribution in [0.2, 0.25) is 0 Å². The van der Waals surface area contributed by atoms with Gasteiger partial charge in [0.25, 0.3) is 0 Å². The Kier molecular flexibility index (Phi) is 8.52. The zero-order chi connectivity index (χ0) is 15.9. The number of ether oxygens (including phenoxy) is 3. The molecule has 0 saturated carbocycles. The van der Waals surface area contributed by atoms with Crippen LogP contribution < -0.4 is 19.9 Å². The number of rotatable bonds is 7. The third-order valence-electron chi connectivity index (χ3n) is 4.41. The minimum absolute atomic E-state index is 0. The smallest absolute Gasteiger partial charge is 0.203 e. The first kappa shape index (κ1) is 19.9. The van der Waals surface area contributed by atoms with E-state index in [2.05, 4.69) is 4.90 Å². The average Bonchev–Trinajstić information content (AvgIpc) is 2.56. The fourth-order valence-electron chi connectivity index (χ4n) is 3.15. The van der Waals surface area contributed by atoms with Crippen LogP contribution in [0.4, 0.5) is 0 Å². The van der Waals surface area contributed by atoms with Gasteiger partial charge in [0.15, 0.2) is 11.5 Å². The first-order valence-corrected chi connectivity index (χ1v) is 7.93. The second-order valence-electron chi connectivity index (χ2n) is 5.83. The van der Waals surface area contributed by atoms with Crippen molar-refractivity contribution in [1.82, 2.24) is 4.90 Å². The van der Waals surface area contributed by atoms with Gasteiger partial charge < -0.3 is 19.9 Å². The van der Waals surface area contributed by atoms with Crippen LogP contribution in [0.1, 0.15) is 24.8 Å². The molecule has 0 amide bonds. The molecule has 1 fully saturated rings. The van der Waals surface area contributed by atoms with Crippen molar-refractivity contribution in [2.75, 3.05) is 41.0 Å². The van der Waals surface area contributed by atoms with Crippen molar-refractivity contribution in [1.29, 1.82) is 0 Å². The quantitative estimate of drug-likeness (QED) is 0.824. The Bertz CT molecular complexity index is 452. The van der Waals surface area contributed by atoms with Gasteiger partial charge in [0.05, 0.1) is 21.3 Å². The van der Waals surface area contributed by atoms with E-state index in [0.717, 1.165) is 50.0 Å². The molecule has 1 heterocycles. The van der Waals surface area contributed by atoms with Gasteiger partial charge in [-0.3, -0.25) is 4.90 Å². The second-order valence-corrected chi connectivity index (χ2v) is 5.83. The van der Waals surface area contributed by atoms with Gasteiger partial charge in [0, 0.05) is 6.54 Å². The molecule has 1 saturated heterocycles. The minimum atomic E-state index is 0. The van der Waals surface area contributed by atoms with Gasteiger partial charge in [-0.25, -0.2) is 0 Å². The second kappa shape index (κ2) is 9.85. The summed E-state index contributed by atoms with van der Waals surface area (Å²) < 4.78 is 16.2. The summed E-state index contributed by atoms with van der Waals surface area (Å²) in [6.07, 6.45) is 3.63. The molecule has 1 aromatic carbocycles. The fraction of sp³-hybridized carbons (Fsp3) is 0.647. The molecule has 0 radical (unpaired) electrons.